The lowest BCUT2D eigenvalue weighted by molar-refractivity contribution is 0.0229. The van der Waals surface area contributed by atoms with E-state index in [4.69, 9.17) is 4.74 Å². The molecule has 1 aromatic heterocycles. The maximum Gasteiger partial charge on any atom is 0.410 e. The van der Waals surface area contributed by atoms with Crippen LogP contribution in [0.2, 0.25) is 0 Å². The number of H-pyrrole nitrogens is 1. The molecular formula is C18H23BrFN3O2. The second kappa shape index (κ2) is 7.99. The van der Waals surface area contributed by atoms with Gasteiger partial charge in [-0.3, -0.25) is 0 Å². The zero-order valence-electron chi connectivity index (χ0n) is 14.9. The third-order valence-corrected chi connectivity index (χ3v) is 3.83. The quantitative estimate of drug-likeness (QED) is 0.741. The van der Waals surface area contributed by atoms with Crippen LogP contribution in [-0.4, -0.2) is 33.1 Å². The number of amides is 1. The lowest BCUT2D eigenvalue weighted by Crippen LogP contribution is -2.37. The topological polar surface area (TPSA) is 58.2 Å². The molecule has 1 amide bonds. The number of rotatable bonds is 5. The predicted octanol–water partition coefficient (Wildman–Crippen LogP) is 5.13. The molecule has 0 radical (unpaired) electrons. The van der Waals surface area contributed by atoms with E-state index >= 15 is 0 Å². The second-order valence-corrected chi connectivity index (χ2v) is 7.69. The minimum Gasteiger partial charge on any atom is -0.444 e. The molecule has 25 heavy (non-hydrogen) atoms. The minimum absolute atomic E-state index is 0.279. The van der Waals surface area contributed by atoms with E-state index < -0.39 is 5.60 Å². The van der Waals surface area contributed by atoms with E-state index in [2.05, 4.69) is 25.9 Å². The van der Waals surface area contributed by atoms with Gasteiger partial charge in [0.2, 0.25) is 0 Å². The summed E-state index contributed by atoms with van der Waals surface area (Å²) in [6, 6.07) is 4.84. The lowest BCUT2D eigenvalue weighted by Gasteiger charge is -2.26. The third kappa shape index (κ3) is 5.56. The van der Waals surface area contributed by atoms with E-state index in [1.807, 2.05) is 27.7 Å². The molecule has 0 saturated heterocycles. The Bertz CT molecular complexity index is 740. The zero-order chi connectivity index (χ0) is 18.6. The number of benzene rings is 1. The summed E-state index contributed by atoms with van der Waals surface area (Å²) in [7, 11) is 0. The van der Waals surface area contributed by atoms with E-state index in [0.717, 1.165) is 6.42 Å². The SMILES string of the molecule is CCCN(Cc1ncc(-c2ccc(Br)cc2F)[nH]1)C(=O)OC(C)(C)C. The molecular weight excluding hydrogens is 389 g/mol. The Kier molecular flexibility index (Phi) is 6.21. The number of aromatic nitrogens is 2. The van der Waals surface area contributed by atoms with Gasteiger partial charge in [-0.05, 0) is 45.4 Å². The number of halogens is 2. The van der Waals surface area contributed by atoms with Crippen LogP contribution in [0.1, 0.15) is 39.9 Å². The zero-order valence-corrected chi connectivity index (χ0v) is 16.5. The fourth-order valence-corrected chi connectivity index (χ4v) is 2.63. The van der Waals surface area contributed by atoms with Gasteiger partial charge in [0.25, 0.3) is 0 Å². The van der Waals surface area contributed by atoms with Crippen molar-refractivity contribution in [2.45, 2.75) is 46.3 Å². The highest BCUT2D eigenvalue weighted by molar-refractivity contribution is 9.10. The number of nitrogens with zero attached hydrogens (tertiary/aromatic N) is 2. The van der Waals surface area contributed by atoms with Gasteiger partial charge in [-0.15, -0.1) is 0 Å². The van der Waals surface area contributed by atoms with Gasteiger partial charge in [-0.1, -0.05) is 22.9 Å². The van der Waals surface area contributed by atoms with Gasteiger partial charge in [-0.2, -0.15) is 0 Å². The first kappa shape index (κ1) is 19.4. The summed E-state index contributed by atoms with van der Waals surface area (Å²) in [5, 5.41) is 0. The molecule has 0 fully saturated rings. The number of carbonyl (C=O) groups is 1. The summed E-state index contributed by atoms with van der Waals surface area (Å²) < 4.78 is 20.2. The normalized spacial score (nSPS) is 11.4. The van der Waals surface area contributed by atoms with Gasteiger partial charge in [-0.25, -0.2) is 14.2 Å². The van der Waals surface area contributed by atoms with E-state index in [0.29, 0.717) is 28.1 Å². The maximum absolute atomic E-state index is 14.1. The molecule has 5 nitrogen and oxygen atoms in total. The van der Waals surface area contributed by atoms with Crippen LogP contribution >= 0.6 is 15.9 Å². The fraction of sp³-hybridized carbons (Fsp3) is 0.444. The average molecular weight is 412 g/mol. The smallest absolute Gasteiger partial charge is 0.410 e. The summed E-state index contributed by atoms with van der Waals surface area (Å²) in [4.78, 5) is 21.3. The predicted molar refractivity (Wildman–Crippen MR) is 98.6 cm³/mol. The number of hydrogen-bond donors (Lipinski definition) is 1. The molecule has 1 N–H and O–H groups in total. The molecule has 0 aliphatic heterocycles. The Morgan fingerprint density at radius 1 is 1.40 bits per heavy atom. The number of ether oxygens (including phenoxy) is 1. The summed E-state index contributed by atoms with van der Waals surface area (Å²) in [6.45, 7) is 8.31. The van der Waals surface area contributed by atoms with Crippen LogP contribution in [-0.2, 0) is 11.3 Å². The van der Waals surface area contributed by atoms with E-state index in [1.165, 1.54) is 6.07 Å². The molecule has 0 atom stereocenters. The van der Waals surface area contributed by atoms with Crippen molar-refractivity contribution >= 4 is 22.0 Å². The Labute approximate surface area is 155 Å². The molecule has 7 heteroatoms. The highest BCUT2D eigenvalue weighted by Gasteiger charge is 2.22. The van der Waals surface area contributed by atoms with Crippen molar-refractivity contribution in [1.29, 1.82) is 0 Å². The van der Waals surface area contributed by atoms with Crippen molar-refractivity contribution in [1.82, 2.24) is 14.9 Å². The highest BCUT2D eigenvalue weighted by atomic mass is 79.9. The van der Waals surface area contributed by atoms with E-state index in [1.54, 1.807) is 23.2 Å². The molecule has 136 valence electrons. The van der Waals surface area contributed by atoms with E-state index in [-0.39, 0.29) is 18.5 Å². The molecule has 1 heterocycles. The van der Waals surface area contributed by atoms with Crippen LogP contribution in [0.15, 0.2) is 28.9 Å². The largest absolute Gasteiger partial charge is 0.444 e. The Hall–Kier alpha value is -1.89. The molecule has 0 saturated carbocycles. The van der Waals surface area contributed by atoms with Gasteiger partial charge >= 0.3 is 6.09 Å². The Morgan fingerprint density at radius 3 is 2.72 bits per heavy atom. The third-order valence-electron chi connectivity index (χ3n) is 3.34. The van der Waals surface area contributed by atoms with Crippen LogP contribution in [0.5, 0.6) is 0 Å². The summed E-state index contributed by atoms with van der Waals surface area (Å²) in [6.07, 6.45) is 1.98. The van der Waals surface area contributed by atoms with Crippen molar-refractivity contribution in [3.63, 3.8) is 0 Å². The van der Waals surface area contributed by atoms with Crippen molar-refractivity contribution in [3.8, 4) is 11.3 Å². The van der Waals surface area contributed by atoms with Gasteiger partial charge in [0.15, 0.2) is 0 Å². The molecule has 0 unspecified atom stereocenters. The molecule has 2 aromatic rings. The number of nitrogens with one attached hydrogen (secondary N) is 1. The minimum atomic E-state index is -0.558. The molecule has 0 spiro atoms. The van der Waals surface area contributed by atoms with Gasteiger partial charge in [0.05, 0.1) is 18.4 Å². The average Bonchev–Trinajstić information content (AvgIpc) is 2.93. The van der Waals surface area contributed by atoms with Crippen LogP contribution in [0, 0.1) is 5.82 Å². The Balaban J connectivity index is 2.15. The first-order valence-electron chi connectivity index (χ1n) is 8.17. The van der Waals surface area contributed by atoms with Crippen molar-refractivity contribution in [3.05, 3.63) is 40.5 Å². The van der Waals surface area contributed by atoms with Gasteiger partial charge in [0.1, 0.15) is 17.2 Å². The molecule has 0 aliphatic carbocycles. The van der Waals surface area contributed by atoms with E-state index in [9.17, 15) is 9.18 Å². The second-order valence-electron chi connectivity index (χ2n) is 6.77. The molecule has 0 aliphatic rings. The van der Waals surface area contributed by atoms with Gasteiger partial charge in [0, 0.05) is 16.6 Å². The van der Waals surface area contributed by atoms with Crippen LogP contribution in [0.4, 0.5) is 9.18 Å². The fourth-order valence-electron chi connectivity index (χ4n) is 2.30. The highest BCUT2D eigenvalue weighted by Crippen LogP contribution is 2.24. The standard InChI is InChI=1S/C18H23BrFN3O2/c1-5-8-23(17(24)25-18(2,3)4)11-16-21-10-15(22-16)13-7-6-12(19)9-14(13)20/h6-7,9-10H,5,8,11H2,1-4H3,(H,21,22). The lowest BCUT2D eigenvalue weighted by atomic mass is 10.1. The van der Waals surface area contributed by atoms with Crippen molar-refractivity contribution in [2.75, 3.05) is 6.54 Å². The number of imidazole rings is 1. The number of hydrogen-bond acceptors (Lipinski definition) is 3. The van der Waals surface area contributed by atoms with Crippen LogP contribution in [0.25, 0.3) is 11.3 Å². The monoisotopic (exact) mass is 411 g/mol. The van der Waals surface area contributed by atoms with Gasteiger partial charge < -0.3 is 14.6 Å². The summed E-state index contributed by atoms with van der Waals surface area (Å²) in [5.41, 5.74) is 0.444. The first-order valence-corrected chi connectivity index (χ1v) is 8.96. The number of aromatic amines is 1. The molecule has 0 bridgehead atoms. The number of carbonyl (C=O) groups excluding carboxylic acids is 1. The Morgan fingerprint density at radius 2 is 2.12 bits per heavy atom. The summed E-state index contributed by atoms with van der Waals surface area (Å²) in [5.74, 6) is 0.235. The van der Waals surface area contributed by atoms with Crippen molar-refractivity contribution < 1.29 is 13.9 Å². The molecule has 2 rings (SSSR count). The van der Waals surface area contributed by atoms with Crippen LogP contribution in [0.3, 0.4) is 0 Å². The summed E-state index contributed by atoms with van der Waals surface area (Å²) >= 11 is 3.24. The van der Waals surface area contributed by atoms with Crippen LogP contribution < -0.4 is 0 Å². The first-order chi connectivity index (χ1) is 11.7. The maximum atomic E-state index is 14.1. The molecule has 1 aromatic carbocycles. The van der Waals surface area contributed by atoms with Crippen molar-refractivity contribution in [2.24, 2.45) is 0 Å².